The minimum Gasteiger partial charge on any atom is -0.316 e. The summed E-state index contributed by atoms with van der Waals surface area (Å²) in [5.41, 5.74) is 0. The Balaban J connectivity index is 2.04. The molecule has 0 saturated carbocycles. The van der Waals surface area contributed by atoms with E-state index in [0.717, 1.165) is 32.4 Å². The Kier molecular flexibility index (Phi) is 5.72. The highest BCUT2D eigenvalue weighted by Crippen LogP contribution is 2.23. The van der Waals surface area contributed by atoms with Gasteiger partial charge in [-0.25, -0.2) is 12.8 Å². The molecule has 0 amide bonds. The molecule has 0 aliphatic carbocycles. The lowest BCUT2D eigenvalue weighted by atomic mass is 10.00. The lowest BCUT2D eigenvalue weighted by molar-refractivity contribution is 0.260. The predicted molar refractivity (Wildman–Crippen MR) is 81.0 cm³/mol. The molecule has 0 radical (unpaired) electrons. The summed E-state index contributed by atoms with van der Waals surface area (Å²) < 4.78 is 39.6. The van der Waals surface area contributed by atoms with Crippen molar-refractivity contribution in [2.75, 3.05) is 26.2 Å². The Morgan fingerprint density at radius 2 is 2.05 bits per heavy atom. The van der Waals surface area contributed by atoms with Gasteiger partial charge in [0, 0.05) is 13.1 Å². The summed E-state index contributed by atoms with van der Waals surface area (Å²) in [6.45, 7) is 5.00. The number of hydrogen-bond donors (Lipinski definition) is 1. The van der Waals surface area contributed by atoms with Crippen molar-refractivity contribution in [1.82, 2.24) is 9.62 Å². The molecule has 1 N–H and O–H groups in total. The molecule has 1 aromatic rings. The minimum absolute atomic E-state index is 0.172. The summed E-state index contributed by atoms with van der Waals surface area (Å²) in [5.74, 6) is -0.0743. The maximum Gasteiger partial charge on any atom is 0.243 e. The molecule has 0 aromatic heterocycles. The Bertz CT molecular complexity index is 545. The molecule has 0 bridgehead atoms. The van der Waals surface area contributed by atoms with Crippen LogP contribution in [-0.2, 0) is 10.0 Å². The smallest absolute Gasteiger partial charge is 0.243 e. The molecule has 1 aliphatic rings. The number of nitrogens with zero attached hydrogens (tertiary/aromatic N) is 1. The summed E-state index contributed by atoms with van der Waals surface area (Å²) in [6.07, 6.45) is 3.00. The number of benzene rings is 1. The molecule has 21 heavy (non-hydrogen) atoms. The Labute approximate surface area is 126 Å². The number of rotatable bonds is 6. The van der Waals surface area contributed by atoms with Gasteiger partial charge in [-0.3, -0.25) is 0 Å². The van der Waals surface area contributed by atoms with Crippen LogP contribution in [0.1, 0.15) is 26.2 Å². The summed E-state index contributed by atoms with van der Waals surface area (Å²) in [5, 5.41) is 3.35. The molecule has 1 fully saturated rings. The average Bonchev–Trinajstić information content (AvgIpc) is 2.48. The van der Waals surface area contributed by atoms with Gasteiger partial charge in [0.1, 0.15) is 5.82 Å². The normalized spacial score (nSPS) is 20.6. The van der Waals surface area contributed by atoms with E-state index in [-0.39, 0.29) is 4.90 Å². The molecule has 0 spiro atoms. The molecular weight excluding hydrogens is 291 g/mol. The zero-order valence-electron chi connectivity index (χ0n) is 12.4. The van der Waals surface area contributed by atoms with Crippen molar-refractivity contribution in [2.24, 2.45) is 5.92 Å². The van der Waals surface area contributed by atoms with Crippen LogP contribution in [0.3, 0.4) is 0 Å². The van der Waals surface area contributed by atoms with E-state index in [1.54, 1.807) is 0 Å². The van der Waals surface area contributed by atoms with Crippen LogP contribution in [-0.4, -0.2) is 38.9 Å². The van der Waals surface area contributed by atoms with Crippen LogP contribution >= 0.6 is 0 Å². The van der Waals surface area contributed by atoms with E-state index >= 15 is 0 Å². The van der Waals surface area contributed by atoms with Crippen LogP contribution < -0.4 is 5.32 Å². The van der Waals surface area contributed by atoms with Gasteiger partial charge < -0.3 is 5.32 Å². The van der Waals surface area contributed by atoms with E-state index < -0.39 is 15.8 Å². The number of halogens is 1. The number of nitrogens with one attached hydrogen (secondary N) is 1. The zero-order valence-corrected chi connectivity index (χ0v) is 13.2. The van der Waals surface area contributed by atoms with Crippen molar-refractivity contribution < 1.29 is 12.8 Å². The first-order valence-electron chi connectivity index (χ1n) is 7.50. The highest BCUT2D eigenvalue weighted by molar-refractivity contribution is 7.89. The second-order valence-electron chi connectivity index (χ2n) is 5.53. The first kappa shape index (κ1) is 16.4. The first-order chi connectivity index (χ1) is 10.0. The predicted octanol–water partition coefficient (Wildman–Crippen LogP) is 2.23. The van der Waals surface area contributed by atoms with Crippen LogP contribution in [0.25, 0.3) is 0 Å². The van der Waals surface area contributed by atoms with Gasteiger partial charge in [-0.15, -0.1) is 0 Å². The Hall–Kier alpha value is -0.980. The molecule has 1 aliphatic heterocycles. The maximum atomic E-state index is 12.9. The first-order valence-corrected chi connectivity index (χ1v) is 8.94. The summed E-state index contributed by atoms with van der Waals surface area (Å²) in [4.78, 5) is 0.172. The van der Waals surface area contributed by atoms with E-state index in [1.165, 1.54) is 28.6 Å². The van der Waals surface area contributed by atoms with Crippen LogP contribution in [0.15, 0.2) is 29.2 Å². The minimum atomic E-state index is -3.50. The Morgan fingerprint density at radius 1 is 1.33 bits per heavy atom. The van der Waals surface area contributed by atoms with Gasteiger partial charge in [0.2, 0.25) is 10.0 Å². The van der Waals surface area contributed by atoms with Crippen LogP contribution in [0.4, 0.5) is 4.39 Å². The fourth-order valence-corrected chi connectivity index (χ4v) is 4.21. The van der Waals surface area contributed by atoms with E-state index in [1.807, 2.05) is 0 Å². The zero-order chi connectivity index (χ0) is 15.3. The summed E-state index contributed by atoms with van der Waals surface area (Å²) >= 11 is 0. The third kappa shape index (κ3) is 4.25. The molecular formula is C15H23FN2O2S. The number of piperidine rings is 1. The molecule has 1 atom stereocenters. The van der Waals surface area contributed by atoms with Crippen molar-refractivity contribution in [3.05, 3.63) is 30.1 Å². The molecule has 1 heterocycles. The third-order valence-electron chi connectivity index (χ3n) is 3.79. The van der Waals surface area contributed by atoms with Gasteiger partial charge in [0.25, 0.3) is 0 Å². The topological polar surface area (TPSA) is 49.4 Å². The molecule has 1 unspecified atom stereocenters. The maximum absolute atomic E-state index is 12.9. The molecule has 1 aromatic carbocycles. The monoisotopic (exact) mass is 314 g/mol. The molecule has 6 heteroatoms. The van der Waals surface area contributed by atoms with E-state index in [4.69, 9.17) is 0 Å². The van der Waals surface area contributed by atoms with Crippen molar-refractivity contribution in [2.45, 2.75) is 31.1 Å². The van der Waals surface area contributed by atoms with Crippen LogP contribution in [0.2, 0.25) is 0 Å². The summed E-state index contributed by atoms with van der Waals surface area (Å²) in [7, 11) is -3.50. The SMILES string of the molecule is CCCNCC1CCCN(S(=O)(=O)c2ccc(F)cc2)C1. The Morgan fingerprint density at radius 3 is 2.71 bits per heavy atom. The van der Waals surface area contributed by atoms with Crippen LogP contribution in [0, 0.1) is 11.7 Å². The fourth-order valence-electron chi connectivity index (χ4n) is 2.65. The van der Waals surface area contributed by atoms with E-state index in [9.17, 15) is 12.8 Å². The lowest BCUT2D eigenvalue weighted by Gasteiger charge is -2.32. The average molecular weight is 314 g/mol. The molecule has 1 saturated heterocycles. The second-order valence-corrected chi connectivity index (χ2v) is 7.47. The van der Waals surface area contributed by atoms with E-state index in [0.29, 0.717) is 19.0 Å². The van der Waals surface area contributed by atoms with Crippen molar-refractivity contribution in [3.8, 4) is 0 Å². The highest BCUT2D eigenvalue weighted by Gasteiger charge is 2.29. The largest absolute Gasteiger partial charge is 0.316 e. The molecule has 2 rings (SSSR count). The van der Waals surface area contributed by atoms with Gasteiger partial charge in [-0.2, -0.15) is 4.31 Å². The van der Waals surface area contributed by atoms with Gasteiger partial charge >= 0.3 is 0 Å². The van der Waals surface area contributed by atoms with E-state index in [2.05, 4.69) is 12.2 Å². The van der Waals surface area contributed by atoms with Gasteiger partial charge in [-0.05, 0) is 62.5 Å². The van der Waals surface area contributed by atoms with Crippen molar-refractivity contribution in [1.29, 1.82) is 0 Å². The van der Waals surface area contributed by atoms with Gasteiger partial charge in [0.05, 0.1) is 4.90 Å². The van der Waals surface area contributed by atoms with Crippen LogP contribution in [0.5, 0.6) is 0 Å². The summed E-state index contributed by atoms with van der Waals surface area (Å²) in [6, 6.07) is 5.06. The molecule has 4 nitrogen and oxygen atoms in total. The quantitative estimate of drug-likeness (QED) is 0.819. The van der Waals surface area contributed by atoms with Crippen molar-refractivity contribution in [3.63, 3.8) is 0 Å². The fraction of sp³-hybridized carbons (Fsp3) is 0.600. The third-order valence-corrected chi connectivity index (χ3v) is 5.67. The van der Waals surface area contributed by atoms with Crippen molar-refractivity contribution >= 4 is 10.0 Å². The number of sulfonamides is 1. The molecule has 118 valence electrons. The highest BCUT2D eigenvalue weighted by atomic mass is 32.2. The van der Waals surface area contributed by atoms with Gasteiger partial charge in [0.15, 0.2) is 0 Å². The number of hydrogen-bond acceptors (Lipinski definition) is 3. The lowest BCUT2D eigenvalue weighted by Crippen LogP contribution is -2.42. The second kappa shape index (κ2) is 7.33. The standard InChI is InChI=1S/C15H23FN2O2S/c1-2-9-17-11-13-4-3-10-18(12-13)21(19,20)15-7-5-14(16)6-8-15/h5-8,13,17H,2-4,9-12H2,1H3. The van der Waals surface area contributed by atoms with Gasteiger partial charge in [-0.1, -0.05) is 6.92 Å².